The molecule has 2 rings (SSSR count). The first-order chi connectivity index (χ1) is 9.90. The monoisotopic (exact) mass is 278 g/mol. The van der Waals surface area contributed by atoms with Crippen molar-refractivity contribution in [3.63, 3.8) is 0 Å². The van der Waals surface area contributed by atoms with E-state index in [1.165, 1.54) is 0 Å². The van der Waals surface area contributed by atoms with Crippen LogP contribution in [0.3, 0.4) is 0 Å². The SMILES string of the molecule is [B]C1=C(C)C=C(OC)C(c2cc([B])c(C)cc2OC)C1C. The zero-order valence-corrected chi connectivity index (χ0v) is 13.4. The van der Waals surface area contributed by atoms with Crippen molar-refractivity contribution in [2.24, 2.45) is 5.92 Å². The average molecular weight is 278 g/mol. The minimum absolute atomic E-state index is 0.0107. The molecule has 0 aromatic heterocycles. The Bertz CT molecular complexity index is 617. The van der Waals surface area contributed by atoms with Crippen molar-refractivity contribution in [1.29, 1.82) is 0 Å². The van der Waals surface area contributed by atoms with E-state index < -0.39 is 0 Å². The molecule has 0 N–H and O–H groups in total. The molecule has 0 saturated carbocycles. The lowest BCUT2D eigenvalue weighted by atomic mass is 9.68. The molecule has 21 heavy (non-hydrogen) atoms. The number of allylic oxidation sites excluding steroid dienone is 4. The van der Waals surface area contributed by atoms with Gasteiger partial charge in [0.2, 0.25) is 0 Å². The van der Waals surface area contributed by atoms with E-state index in [0.29, 0.717) is 0 Å². The predicted octanol–water partition coefficient (Wildman–Crippen LogP) is 2.50. The second-order valence-corrected chi connectivity index (χ2v) is 5.61. The van der Waals surface area contributed by atoms with Gasteiger partial charge in [0.05, 0.1) is 20.1 Å². The maximum atomic E-state index is 6.23. The molecule has 1 aliphatic carbocycles. The van der Waals surface area contributed by atoms with Gasteiger partial charge in [0, 0.05) is 5.56 Å². The molecular weight excluding hydrogens is 258 g/mol. The maximum Gasteiger partial charge on any atom is 0.123 e. The average Bonchev–Trinajstić information content (AvgIpc) is 2.47. The Morgan fingerprint density at radius 1 is 1.05 bits per heavy atom. The fourth-order valence-electron chi connectivity index (χ4n) is 2.92. The smallest absolute Gasteiger partial charge is 0.123 e. The van der Waals surface area contributed by atoms with Gasteiger partial charge in [-0.25, -0.2) is 0 Å². The predicted molar refractivity (Wildman–Crippen MR) is 88.6 cm³/mol. The van der Waals surface area contributed by atoms with Crippen LogP contribution in [0.4, 0.5) is 0 Å². The number of hydrogen-bond acceptors (Lipinski definition) is 2. The summed E-state index contributed by atoms with van der Waals surface area (Å²) in [5, 5.41) is 0. The van der Waals surface area contributed by atoms with Gasteiger partial charge < -0.3 is 9.47 Å². The summed E-state index contributed by atoms with van der Waals surface area (Å²) in [6, 6.07) is 3.93. The van der Waals surface area contributed by atoms with Gasteiger partial charge in [-0.15, -0.1) is 5.47 Å². The molecule has 4 heteroatoms. The van der Waals surface area contributed by atoms with Gasteiger partial charge in [-0.05, 0) is 31.9 Å². The number of ether oxygens (including phenoxy) is 2. The molecule has 0 heterocycles. The van der Waals surface area contributed by atoms with Crippen LogP contribution in [0.2, 0.25) is 0 Å². The Morgan fingerprint density at radius 2 is 1.71 bits per heavy atom. The van der Waals surface area contributed by atoms with Crippen molar-refractivity contribution < 1.29 is 9.47 Å². The van der Waals surface area contributed by atoms with Gasteiger partial charge in [0.15, 0.2) is 0 Å². The Hall–Kier alpha value is -1.57. The quantitative estimate of drug-likeness (QED) is 0.791. The molecule has 0 saturated heterocycles. The summed E-state index contributed by atoms with van der Waals surface area (Å²) in [6.45, 7) is 6.07. The van der Waals surface area contributed by atoms with E-state index in [4.69, 9.17) is 25.2 Å². The van der Waals surface area contributed by atoms with Crippen LogP contribution in [0.25, 0.3) is 0 Å². The maximum absolute atomic E-state index is 6.23. The van der Waals surface area contributed by atoms with E-state index >= 15 is 0 Å². The van der Waals surface area contributed by atoms with Crippen LogP contribution in [0.15, 0.2) is 35.0 Å². The minimum Gasteiger partial charge on any atom is -0.500 e. The number of benzene rings is 1. The van der Waals surface area contributed by atoms with Gasteiger partial charge in [-0.1, -0.05) is 29.6 Å². The molecule has 4 radical (unpaired) electrons. The third kappa shape index (κ3) is 2.76. The minimum atomic E-state index is 0.0107. The van der Waals surface area contributed by atoms with Crippen molar-refractivity contribution in [1.82, 2.24) is 0 Å². The first kappa shape index (κ1) is 15.8. The number of hydrogen-bond donors (Lipinski definition) is 0. The Balaban J connectivity index is 2.60. The van der Waals surface area contributed by atoms with Gasteiger partial charge in [0.25, 0.3) is 0 Å². The summed E-state index contributed by atoms with van der Waals surface area (Å²) in [5.41, 5.74) is 4.69. The summed E-state index contributed by atoms with van der Waals surface area (Å²) in [5.74, 6) is 1.84. The van der Waals surface area contributed by atoms with E-state index in [0.717, 1.165) is 39.1 Å². The summed E-state index contributed by atoms with van der Waals surface area (Å²) >= 11 is 0. The molecule has 1 aromatic carbocycles. The third-order valence-corrected chi connectivity index (χ3v) is 4.30. The van der Waals surface area contributed by atoms with Crippen LogP contribution in [-0.2, 0) is 4.74 Å². The lowest BCUT2D eigenvalue weighted by molar-refractivity contribution is 0.245. The molecule has 0 bridgehead atoms. The van der Waals surface area contributed by atoms with E-state index in [-0.39, 0.29) is 11.8 Å². The highest BCUT2D eigenvalue weighted by molar-refractivity contribution is 6.33. The standard InChI is InChI=1S/C17H20B2O2/c1-9-6-14(20-4)12(8-13(9)18)16-11(3)17(19)10(2)7-15(16)21-5/h6-8,11,16H,1-5H3. The highest BCUT2D eigenvalue weighted by atomic mass is 16.5. The largest absolute Gasteiger partial charge is 0.500 e. The fraction of sp³-hybridized carbons (Fsp3) is 0.412. The van der Waals surface area contributed by atoms with Crippen LogP contribution < -0.4 is 10.2 Å². The highest BCUT2D eigenvalue weighted by Gasteiger charge is 2.31. The first-order valence-electron chi connectivity index (χ1n) is 7.06. The van der Waals surface area contributed by atoms with E-state index in [2.05, 4.69) is 6.92 Å². The molecule has 1 aliphatic rings. The topological polar surface area (TPSA) is 18.5 Å². The van der Waals surface area contributed by atoms with Crippen molar-refractivity contribution in [3.05, 3.63) is 46.1 Å². The highest BCUT2D eigenvalue weighted by Crippen LogP contribution is 2.43. The lowest BCUT2D eigenvalue weighted by Gasteiger charge is -2.33. The van der Waals surface area contributed by atoms with Crippen molar-refractivity contribution >= 4 is 21.2 Å². The Labute approximate surface area is 130 Å². The second kappa shape index (κ2) is 6.05. The van der Waals surface area contributed by atoms with E-state index in [9.17, 15) is 0 Å². The Morgan fingerprint density at radius 3 is 2.29 bits per heavy atom. The van der Waals surface area contributed by atoms with E-state index in [1.54, 1.807) is 14.2 Å². The number of rotatable bonds is 3. The normalized spacial score (nSPS) is 22.0. The molecule has 0 amide bonds. The number of aryl methyl sites for hydroxylation is 1. The lowest BCUT2D eigenvalue weighted by Crippen LogP contribution is -2.23. The van der Waals surface area contributed by atoms with Crippen LogP contribution >= 0.6 is 0 Å². The summed E-state index contributed by atoms with van der Waals surface area (Å²) in [4.78, 5) is 0. The van der Waals surface area contributed by atoms with Crippen LogP contribution in [0, 0.1) is 12.8 Å². The van der Waals surface area contributed by atoms with Crippen molar-refractivity contribution in [3.8, 4) is 5.75 Å². The molecule has 2 atom stereocenters. The van der Waals surface area contributed by atoms with Gasteiger partial charge in [0.1, 0.15) is 27.2 Å². The molecule has 2 nitrogen and oxygen atoms in total. The summed E-state index contributed by atoms with van der Waals surface area (Å²) in [6.07, 6.45) is 2.00. The summed E-state index contributed by atoms with van der Waals surface area (Å²) < 4.78 is 11.1. The van der Waals surface area contributed by atoms with Gasteiger partial charge in [-0.2, -0.15) is 0 Å². The first-order valence-corrected chi connectivity index (χ1v) is 7.06. The van der Waals surface area contributed by atoms with Crippen LogP contribution in [0.1, 0.15) is 30.9 Å². The van der Waals surface area contributed by atoms with Gasteiger partial charge >= 0.3 is 0 Å². The molecule has 0 spiro atoms. The molecule has 106 valence electrons. The second-order valence-electron chi connectivity index (χ2n) is 5.61. The third-order valence-electron chi connectivity index (χ3n) is 4.30. The fourth-order valence-corrected chi connectivity index (χ4v) is 2.92. The molecule has 0 aliphatic heterocycles. The number of methoxy groups -OCH3 is 2. The van der Waals surface area contributed by atoms with Crippen LogP contribution in [-0.4, -0.2) is 29.9 Å². The van der Waals surface area contributed by atoms with Gasteiger partial charge in [-0.3, -0.25) is 0 Å². The molecule has 2 unspecified atom stereocenters. The molecular formula is C17H20B2O2. The zero-order valence-electron chi connectivity index (χ0n) is 13.4. The Kier molecular flexibility index (Phi) is 4.55. The molecule has 0 fully saturated rings. The molecule has 1 aromatic rings. The zero-order chi connectivity index (χ0) is 15.7. The summed E-state index contributed by atoms with van der Waals surface area (Å²) in [7, 11) is 15.7. The van der Waals surface area contributed by atoms with Crippen LogP contribution in [0.5, 0.6) is 5.75 Å². The van der Waals surface area contributed by atoms with Crippen molar-refractivity contribution in [2.75, 3.05) is 14.2 Å². The van der Waals surface area contributed by atoms with Crippen molar-refractivity contribution in [2.45, 2.75) is 26.7 Å². The van der Waals surface area contributed by atoms with E-state index in [1.807, 2.05) is 32.1 Å².